The molecule has 3 nitrogen and oxygen atoms in total. The van der Waals surface area contributed by atoms with E-state index in [-0.39, 0.29) is 5.54 Å². The first-order chi connectivity index (χ1) is 9.11. The fourth-order valence-corrected chi connectivity index (χ4v) is 4.37. The predicted octanol–water partition coefficient (Wildman–Crippen LogP) is 2.64. The third-order valence-corrected chi connectivity index (χ3v) is 6.02. The second-order valence-corrected chi connectivity index (χ2v) is 6.98. The van der Waals surface area contributed by atoms with Crippen LogP contribution < -0.4 is 0 Å². The summed E-state index contributed by atoms with van der Waals surface area (Å²) in [5.74, 6) is 0.336. The van der Waals surface area contributed by atoms with Crippen molar-refractivity contribution in [2.24, 2.45) is 0 Å². The summed E-state index contributed by atoms with van der Waals surface area (Å²) in [6.07, 6.45) is 4.09. The summed E-state index contributed by atoms with van der Waals surface area (Å²) < 4.78 is 0. The van der Waals surface area contributed by atoms with E-state index in [1.165, 1.54) is 10.4 Å². The van der Waals surface area contributed by atoms with Crippen LogP contribution >= 0.6 is 11.3 Å². The maximum Gasteiger partial charge on any atom is 0.222 e. The third-order valence-electron chi connectivity index (χ3n) is 5.01. The van der Waals surface area contributed by atoms with Gasteiger partial charge in [-0.25, -0.2) is 0 Å². The van der Waals surface area contributed by atoms with Gasteiger partial charge in [-0.3, -0.25) is 9.69 Å². The molecule has 2 aliphatic heterocycles. The Morgan fingerprint density at radius 1 is 1.32 bits per heavy atom. The van der Waals surface area contributed by atoms with Crippen molar-refractivity contribution in [1.29, 1.82) is 0 Å². The molecule has 1 amide bonds. The lowest BCUT2D eigenvalue weighted by Crippen LogP contribution is -2.51. The van der Waals surface area contributed by atoms with Crippen molar-refractivity contribution in [2.75, 3.05) is 20.1 Å². The maximum atomic E-state index is 11.7. The molecule has 0 saturated carbocycles. The van der Waals surface area contributed by atoms with E-state index in [4.69, 9.17) is 0 Å². The number of rotatable bonds is 2. The van der Waals surface area contributed by atoms with Crippen molar-refractivity contribution < 1.29 is 4.79 Å². The van der Waals surface area contributed by atoms with Crippen molar-refractivity contribution in [2.45, 2.75) is 44.7 Å². The molecule has 2 fully saturated rings. The number of likely N-dealkylation sites (tertiary alicyclic amines) is 2. The normalized spacial score (nSPS) is 23.5. The molecule has 2 saturated heterocycles. The highest BCUT2D eigenvalue weighted by atomic mass is 32.1. The molecule has 4 heteroatoms. The highest BCUT2D eigenvalue weighted by Gasteiger charge is 2.44. The minimum absolute atomic E-state index is 0.179. The van der Waals surface area contributed by atoms with Gasteiger partial charge < -0.3 is 4.90 Å². The van der Waals surface area contributed by atoms with Gasteiger partial charge in [0.2, 0.25) is 5.91 Å². The van der Waals surface area contributed by atoms with Gasteiger partial charge in [-0.05, 0) is 43.2 Å². The molecule has 0 bridgehead atoms. The van der Waals surface area contributed by atoms with Gasteiger partial charge in [0.05, 0.1) is 0 Å². The van der Waals surface area contributed by atoms with E-state index >= 15 is 0 Å². The van der Waals surface area contributed by atoms with Gasteiger partial charge in [0.1, 0.15) is 0 Å². The Kier molecular flexibility index (Phi) is 3.39. The van der Waals surface area contributed by atoms with Crippen LogP contribution in [0.1, 0.15) is 36.1 Å². The lowest BCUT2D eigenvalue weighted by atomic mass is 9.85. The lowest BCUT2D eigenvalue weighted by Gasteiger charge is -2.43. The quantitative estimate of drug-likeness (QED) is 0.830. The van der Waals surface area contributed by atoms with Crippen LogP contribution in [0, 0.1) is 6.92 Å². The molecule has 1 aromatic rings. The van der Waals surface area contributed by atoms with Crippen LogP contribution in [0.3, 0.4) is 0 Å². The predicted molar refractivity (Wildman–Crippen MR) is 78.3 cm³/mol. The molecule has 2 aliphatic rings. The van der Waals surface area contributed by atoms with Crippen LogP contribution in [-0.2, 0) is 11.3 Å². The van der Waals surface area contributed by atoms with Crippen LogP contribution in [0.5, 0.6) is 0 Å². The first-order valence-corrected chi connectivity index (χ1v) is 8.01. The third kappa shape index (κ3) is 2.32. The average Bonchev–Trinajstić information content (AvgIpc) is 2.93. The minimum atomic E-state index is 0.179. The van der Waals surface area contributed by atoms with Crippen LogP contribution in [0.15, 0.2) is 11.4 Å². The SMILES string of the molecule is Cc1ccsc1CN1CCC2(CCC(=O)N2C)CC1. The van der Waals surface area contributed by atoms with E-state index in [1.54, 1.807) is 0 Å². The zero-order chi connectivity index (χ0) is 13.5. The fourth-order valence-electron chi connectivity index (χ4n) is 3.42. The summed E-state index contributed by atoms with van der Waals surface area (Å²) >= 11 is 1.86. The van der Waals surface area contributed by atoms with Crippen molar-refractivity contribution in [3.63, 3.8) is 0 Å². The largest absolute Gasteiger partial charge is 0.340 e. The molecule has 3 rings (SSSR count). The highest BCUT2D eigenvalue weighted by molar-refractivity contribution is 7.10. The number of carbonyl (C=O) groups excluding carboxylic acids is 1. The second kappa shape index (κ2) is 4.91. The van der Waals surface area contributed by atoms with Gasteiger partial charge in [0.15, 0.2) is 0 Å². The number of aryl methyl sites for hydroxylation is 1. The Morgan fingerprint density at radius 3 is 2.58 bits per heavy atom. The maximum absolute atomic E-state index is 11.7. The van der Waals surface area contributed by atoms with Crippen LogP contribution in [0.25, 0.3) is 0 Å². The molecule has 0 aliphatic carbocycles. The van der Waals surface area contributed by atoms with Gasteiger partial charge in [-0.2, -0.15) is 0 Å². The molecule has 0 N–H and O–H groups in total. The summed E-state index contributed by atoms with van der Waals surface area (Å²) in [6, 6.07) is 2.20. The molecule has 1 spiro atoms. The molecule has 0 atom stereocenters. The van der Waals surface area contributed by atoms with Crippen molar-refractivity contribution in [3.8, 4) is 0 Å². The molecule has 0 radical (unpaired) electrons. The van der Waals surface area contributed by atoms with Crippen molar-refractivity contribution in [1.82, 2.24) is 9.80 Å². The zero-order valence-corrected chi connectivity index (χ0v) is 12.6. The Balaban J connectivity index is 1.61. The number of piperidine rings is 1. The number of hydrogen-bond acceptors (Lipinski definition) is 3. The van der Waals surface area contributed by atoms with E-state index < -0.39 is 0 Å². The number of thiophene rings is 1. The van der Waals surface area contributed by atoms with E-state index in [2.05, 4.69) is 23.3 Å². The molecule has 19 heavy (non-hydrogen) atoms. The fraction of sp³-hybridized carbons (Fsp3) is 0.667. The number of nitrogens with zero attached hydrogens (tertiary/aromatic N) is 2. The van der Waals surface area contributed by atoms with Crippen LogP contribution in [0.2, 0.25) is 0 Å². The van der Waals surface area contributed by atoms with Crippen LogP contribution in [-0.4, -0.2) is 41.4 Å². The molecular weight excluding hydrogens is 256 g/mol. The Bertz CT molecular complexity index is 474. The topological polar surface area (TPSA) is 23.6 Å². The van der Waals surface area contributed by atoms with Gasteiger partial charge >= 0.3 is 0 Å². The number of hydrogen-bond donors (Lipinski definition) is 0. The molecule has 0 unspecified atom stereocenters. The standard InChI is InChI=1S/C15H22N2OS/c1-12-4-10-19-13(12)11-17-8-6-15(7-9-17)5-3-14(18)16(15)2/h4,10H,3,5-9,11H2,1-2H3. The van der Waals surface area contributed by atoms with Gasteiger partial charge in [0, 0.05) is 43.5 Å². The first kappa shape index (κ1) is 13.1. The lowest BCUT2D eigenvalue weighted by molar-refractivity contribution is -0.130. The van der Waals surface area contributed by atoms with E-state index in [0.29, 0.717) is 5.91 Å². The van der Waals surface area contributed by atoms with Crippen molar-refractivity contribution >= 4 is 17.2 Å². The number of amides is 1. The Morgan fingerprint density at radius 2 is 2.05 bits per heavy atom. The molecule has 3 heterocycles. The molecule has 1 aromatic heterocycles. The summed E-state index contributed by atoms with van der Waals surface area (Å²) in [7, 11) is 1.99. The number of carbonyl (C=O) groups is 1. The molecular formula is C15H22N2OS. The molecule has 104 valence electrons. The summed E-state index contributed by atoms with van der Waals surface area (Å²) in [4.78, 5) is 17.8. The van der Waals surface area contributed by atoms with Gasteiger partial charge in [-0.15, -0.1) is 11.3 Å². The smallest absolute Gasteiger partial charge is 0.222 e. The monoisotopic (exact) mass is 278 g/mol. The second-order valence-electron chi connectivity index (χ2n) is 5.98. The van der Waals surface area contributed by atoms with E-state index in [9.17, 15) is 4.79 Å². The van der Waals surface area contributed by atoms with Crippen LogP contribution in [0.4, 0.5) is 0 Å². The zero-order valence-electron chi connectivity index (χ0n) is 11.8. The van der Waals surface area contributed by atoms with Gasteiger partial charge in [-0.1, -0.05) is 0 Å². The van der Waals surface area contributed by atoms with E-state index in [1.807, 2.05) is 23.3 Å². The summed E-state index contributed by atoms with van der Waals surface area (Å²) in [5, 5.41) is 2.18. The average molecular weight is 278 g/mol. The summed E-state index contributed by atoms with van der Waals surface area (Å²) in [5.41, 5.74) is 1.59. The van der Waals surface area contributed by atoms with Gasteiger partial charge in [0.25, 0.3) is 0 Å². The Labute approximate surface area is 119 Å². The summed E-state index contributed by atoms with van der Waals surface area (Å²) in [6.45, 7) is 5.52. The minimum Gasteiger partial charge on any atom is -0.340 e. The van der Waals surface area contributed by atoms with Crippen molar-refractivity contribution in [3.05, 3.63) is 21.9 Å². The van der Waals surface area contributed by atoms with E-state index in [0.717, 1.165) is 45.3 Å². The highest BCUT2D eigenvalue weighted by Crippen LogP contribution is 2.38. The first-order valence-electron chi connectivity index (χ1n) is 7.13. The Hall–Kier alpha value is -0.870. The molecule has 0 aromatic carbocycles.